The van der Waals surface area contributed by atoms with E-state index in [0.717, 1.165) is 51.2 Å². The Balaban J connectivity index is 2.34. The van der Waals surface area contributed by atoms with Crippen molar-refractivity contribution in [1.82, 2.24) is 10.2 Å². The molecule has 1 aromatic carbocycles. The molecule has 1 aliphatic heterocycles. The van der Waals surface area contributed by atoms with E-state index in [4.69, 9.17) is 0 Å². The second-order valence-corrected chi connectivity index (χ2v) is 6.23. The number of benzene rings is 1. The molecule has 0 aromatic heterocycles. The fourth-order valence-corrected chi connectivity index (χ4v) is 3.38. The van der Waals surface area contributed by atoms with Crippen molar-refractivity contribution in [3.8, 4) is 5.75 Å². The van der Waals surface area contributed by atoms with Crippen LogP contribution in [0.3, 0.4) is 0 Å². The van der Waals surface area contributed by atoms with E-state index in [-0.39, 0.29) is 23.3 Å². The molecule has 2 atom stereocenters. The minimum absolute atomic E-state index is 0.128. The van der Waals surface area contributed by atoms with Crippen LogP contribution in [0.15, 0.2) is 18.2 Å². The minimum Gasteiger partial charge on any atom is -0.406 e. The van der Waals surface area contributed by atoms with Crippen LogP contribution in [0.4, 0.5) is 17.6 Å². The second kappa shape index (κ2) is 8.16. The van der Waals surface area contributed by atoms with Gasteiger partial charge in [-0.3, -0.25) is 4.90 Å². The van der Waals surface area contributed by atoms with Gasteiger partial charge in [0.05, 0.1) is 0 Å². The number of alkyl halides is 3. The van der Waals surface area contributed by atoms with Crippen LogP contribution >= 0.6 is 0 Å². The number of hydrogen-bond donors (Lipinski definition) is 1. The molecule has 1 saturated heterocycles. The van der Waals surface area contributed by atoms with Gasteiger partial charge in [0.2, 0.25) is 0 Å². The predicted octanol–water partition coefficient (Wildman–Crippen LogP) is 4.11. The van der Waals surface area contributed by atoms with E-state index in [1.807, 2.05) is 13.8 Å². The molecule has 136 valence electrons. The summed E-state index contributed by atoms with van der Waals surface area (Å²) in [5.74, 6) is -0.734. The Morgan fingerprint density at radius 3 is 2.50 bits per heavy atom. The van der Waals surface area contributed by atoms with Crippen molar-refractivity contribution in [3.63, 3.8) is 0 Å². The fourth-order valence-electron chi connectivity index (χ4n) is 3.38. The molecule has 2 rings (SSSR count). The number of halogens is 4. The standard InChI is InChI=1S/C17H24F4N2O/c1-3-4-12(2)16(23-9-7-22-8-10-23)14-11-13(5-6-15(14)18)24-17(19,20)21/h5-6,11-12,16,22H,3-4,7-10H2,1-2H3/t12?,16-/m1/s1. The number of nitrogens with one attached hydrogen (secondary N) is 1. The summed E-state index contributed by atoms with van der Waals surface area (Å²) in [6.07, 6.45) is -2.98. The minimum atomic E-state index is -4.78. The second-order valence-electron chi connectivity index (χ2n) is 6.23. The maximum Gasteiger partial charge on any atom is 0.573 e. The summed E-state index contributed by atoms with van der Waals surface area (Å²) in [4.78, 5) is 2.15. The lowest BCUT2D eigenvalue weighted by molar-refractivity contribution is -0.274. The van der Waals surface area contributed by atoms with Crippen molar-refractivity contribution in [2.75, 3.05) is 26.2 Å². The summed E-state index contributed by atoms with van der Waals surface area (Å²) in [5, 5.41) is 3.24. The summed E-state index contributed by atoms with van der Waals surface area (Å²) >= 11 is 0. The highest BCUT2D eigenvalue weighted by molar-refractivity contribution is 5.32. The van der Waals surface area contributed by atoms with Gasteiger partial charge < -0.3 is 10.1 Å². The van der Waals surface area contributed by atoms with Crippen molar-refractivity contribution >= 4 is 0 Å². The van der Waals surface area contributed by atoms with E-state index < -0.39 is 12.2 Å². The van der Waals surface area contributed by atoms with Crippen molar-refractivity contribution < 1.29 is 22.3 Å². The van der Waals surface area contributed by atoms with Gasteiger partial charge in [-0.1, -0.05) is 20.3 Å². The molecule has 1 aliphatic rings. The monoisotopic (exact) mass is 348 g/mol. The van der Waals surface area contributed by atoms with Gasteiger partial charge in [0.15, 0.2) is 0 Å². The topological polar surface area (TPSA) is 24.5 Å². The van der Waals surface area contributed by atoms with Crippen LogP contribution in [-0.4, -0.2) is 37.4 Å². The Labute approximate surface area is 140 Å². The first-order chi connectivity index (χ1) is 11.3. The molecule has 1 heterocycles. The van der Waals surface area contributed by atoms with Crippen molar-refractivity contribution in [3.05, 3.63) is 29.6 Å². The van der Waals surface area contributed by atoms with Crippen molar-refractivity contribution in [1.29, 1.82) is 0 Å². The molecule has 0 aliphatic carbocycles. The van der Waals surface area contributed by atoms with Crippen molar-refractivity contribution in [2.24, 2.45) is 5.92 Å². The zero-order valence-electron chi connectivity index (χ0n) is 14.0. The third-order valence-electron chi connectivity index (χ3n) is 4.35. The first kappa shape index (κ1) is 19.0. The molecule has 0 bridgehead atoms. The van der Waals surface area contributed by atoms with E-state index in [2.05, 4.69) is 15.0 Å². The Morgan fingerprint density at radius 1 is 1.25 bits per heavy atom. The third-order valence-corrected chi connectivity index (χ3v) is 4.35. The fraction of sp³-hybridized carbons (Fsp3) is 0.647. The van der Waals surface area contributed by atoms with Crippen LogP contribution in [-0.2, 0) is 0 Å². The molecular weight excluding hydrogens is 324 g/mol. The lowest BCUT2D eigenvalue weighted by Gasteiger charge is -2.39. The van der Waals surface area contributed by atoms with E-state index in [0.29, 0.717) is 0 Å². The molecule has 0 spiro atoms. The summed E-state index contributed by atoms with van der Waals surface area (Å²) in [5.41, 5.74) is 0.277. The number of nitrogens with zero attached hydrogens (tertiary/aromatic N) is 1. The lowest BCUT2D eigenvalue weighted by atomic mass is 9.88. The molecule has 1 aromatic rings. The van der Waals surface area contributed by atoms with Gasteiger partial charge in [0.1, 0.15) is 11.6 Å². The van der Waals surface area contributed by atoms with Crippen LogP contribution in [0.2, 0.25) is 0 Å². The third kappa shape index (κ3) is 5.08. The number of piperazine rings is 1. The predicted molar refractivity (Wildman–Crippen MR) is 84.3 cm³/mol. The largest absolute Gasteiger partial charge is 0.573 e. The molecule has 1 unspecified atom stereocenters. The molecule has 0 saturated carbocycles. The van der Waals surface area contributed by atoms with Gasteiger partial charge in [0, 0.05) is 37.8 Å². The van der Waals surface area contributed by atoms with Crippen LogP contribution in [0.25, 0.3) is 0 Å². The Bertz CT molecular complexity index is 530. The number of hydrogen-bond acceptors (Lipinski definition) is 3. The normalized spacial score (nSPS) is 19.1. The molecular formula is C17H24F4N2O. The highest BCUT2D eigenvalue weighted by Gasteiger charge is 2.33. The average molecular weight is 348 g/mol. The lowest BCUT2D eigenvalue weighted by Crippen LogP contribution is -2.46. The maximum atomic E-state index is 14.4. The Morgan fingerprint density at radius 2 is 1.92 bits per heavy atom. The SMILES string of the molecule is CCCC(C)[C@H](c1cc(OC(F)(F)F)ccc1F)N1CCNCC1. The summed E-state index contributed by atoms with van der Waals surface area (Å²) in [6, 6.07) is 3.02. The Kier molecular flexibility index (Phi) is 6.46. The molecule has 24 heavy (non-hydrogen) atoms. The first-order valence-corrected chi connectivity index (χ1v) is 8.31. The quantitative estimate of drug-likeness (QED) is 0.783. The van der Waals surface area contributed by atoms with Gasteiger partial charge in [-0.05, 0) is 30.5 Å². The summed E-state index contributed by atoms with van der Waals surface area (Å²) in [6.45, 7) is 7.12. The molecule has 0 radical (unpaired) electrons. The highest BCUT2D eigenvalue weighted by Crippen LogP contribution is 2.36. The summed E-state index contributed by atoms with van der Waals surface area (Å²) < 4.78 is 55.8. The summed E-state index contributed by atoms with van der Waals surface area (Å²) in [7, 11) is 0. The molecule has 1 fully saturated rings. The van der Waals surface area contributed by atoms with Gasteiger partial charge in [-0.2, -0.15) is 0 Å². The Hall–Kier alpha value is -1.34. The number of rotatable bonds is 6. The smallest absolute Gasteiger partial charge is 0.406 e. The van der Waals surface area contributed by atoms with E-state index in [1.165, 1.54) is 6.07 Å². The van der Waals surface area contributed by atoms with Gasteiger partial charge in [-0.15, -0.1) is 13.2 Å². The first-order valence-electron chi connectivity index (χ1n) is 8.31. The van der Waals surface area contributed by atoms with Crippen LogP contribution in [0.5, 0.6) is 5.75 Å². The zero-order valence-corrected chi connectivity index (χ0v) is 14.0. The van der Waals surface area contributed by atoms with E-state index >= 15 is 0 Å². The van der Waals surface area contributed by atoms with E-state index in [9.17, 15) is 17.6 Å². The average Bonchev–Trinajstić information content (AvgIpc) is 2.50. The van der Waals surface area contributed by atoms with E-state index in [1.54, 1.807) is 0 Å². The molecule has 7 heteroatoms. The van der Waals surface area contributed by atoms with Crippen LogP contribution < -0.4 is 10.1 Å². The van der Waals surface area contributed by atoms with Crippen molar-refractivity contribution in [2.45, 2.75) is 39.1 Å². The number of ether oxygens (including phenoxy) is 1. The van der Waals surface area contributed by atoms with Gasteiger partial charge in [-0.25, -0.2) is 4.39 Å². The molecule has 0 amide bonds. The van der Waals surface area contributed by atoms with Crippen LogP contribution in [0.1, 0.15) is 38.3 Å². The highest BCUT2D eigenvalue weighted by atomic mass is 19.4. The maximum absolute atomic E-state index is 14.4. The van der Waals surface area contributed by atoms with Gasteiger partial charge >= 0.3 is 6.36 Å². The molecule has 1 N–H and O–H groups in total. The molecule has 3 nitrogen and oxygen atoms in total. The zero-order chi connectivity index (χ0) is 17.7. The van der Waals surface area contributed by atoms with Crippen LogP contribution in [0, 0.1) is 11.7 Å². The van der Waals surface area contributed by atoms with Gasteiger partial charge in [0.25, 0.3) is 0 Å².